The molecule has 1 heterocycles. The molecule has 1 N–H and O–H groups in total. The van der Waals surface area contributed by atoms with E-state index in [2.05, 4.69) is 4.72 Å². The number of nitrogens with one attached hydrogen (secondary N) is 1. The van der Waals surface area contributed by atoms with Crippen LogP contribution in [0.3, 0.4) is 0 Å². The maximum absolute atomic E-state index is 14.2. The highest BCUT2D eigenvalue weighted by Gasteiger charge is 2.26. The van der Waals surface area contributed by atoms with Crippen LogP contribution >= 0.6 is 0 Å². The van der Waals surface area contributed by atoms with Gasteiger partial charge >= 0.3 is 0 Å². The zero-order valence-corrected chi connectivity index (χ0v) is 14.8. The Labute approximate surface area is 140 Å². The van der Waals surface area contributed by atoms with Crippen LogP contribution in [-0.4, -0.2) is 28.5 Å². The summed E-state index contributed by atoms with van der Waals surface area (Å²) in [6, 6.07) is 6.27. The topological polar surface area (TPSA) is 47.6 Å². The lowest BCUT2D eigenvalue weighted by atomic mass is 10.0. The van der Waals surface area contributed by atoms with E-state index in [1.54, 1.807) is 18.2 Å². The van der Waals surface area contributed by atoms with Crippen LogP contribution in [0.1, 0.15) is 51.6 Å². The van der Waals surface area contributed by atoms with Gasteiger partial charge in [0.2, 0.25) is 0 Å². The van der Waals surface area contributed by atoms with Gasteiger partial charge in [0.15, 0.2) is 6.29 Å². The van der Waals surface area contributed by atoms with E-state index in [1.165, 1.54) is 6.07 Å². The molecule has 0 amide bonds. The Kier molecular flexibility index (Phi) is 6.71. The van der Waals surface area contributed by atoms with Crippen LogP contribution in [0.5, 0.6) is 0 Å². The molecule has 0 bridgehead atoms. The van der Waals surface area contributed by atoms with Gasteiger partial charge in [-0.15, -0.1) is 0 Å². The van der Waals surface area contributed by atoms with Crippen molar-refractivity contribution >= 4 is 11.0 Å². The van der Waals surface area contributed by atoms with Crippen LogP contribution in [0.25, 0.3) is 0 Å². The molecule has 2 atom stereocenters. The number of benzene rings is 1. The highest BCUT2D eigenvalue weighted by Crippen LogP contribution is 2.26. The average Bonchev–Trinajstić information content (AvgIpc) is 2.52. The minimum Gasteiger partial charge on any atom is -0.353 e. The molecule has 23 heavy (non-hydrogen) atoms. The van der Waals surface area contributed by atoms with Gasteiger partial charge in [-0.1, -0.05) is 18.2 Å². The second-order valence-electron chi connectivity index (χ2n) is 6.68. The third kappa shape index (κ3) is 5.64. The molecule has 0 aromatic heterocycles. The Balaban J connectivity index is 2.07. The zero-order chi connectivity index (χ0) is 16.9. The summed E-state index contributed by atoms with van der Waals surface area (Å²) in [5.41, 5.74) is 0.529. The van der Waals surface area contributed by atoms with E-state index in [0.717, 1.165) is 6.42 Å². The number of rotatable bonds is 6. The predicted octanol–water partition coefficient (Wildman–Crippen LogP) is 3.46. The Morgan fingerprint density at radius 1 is 1.30 bits per heavy atom. The van der Waals surface area contributed by atoms with Crippen molar-refractivity contribution in [1.82, 2.24) is 4.72 Å². The van der Waals surface area contributed by atoms with Gasteiger partial charge in [0.05, 0.1) is 28.9 Å². The fraction of sp³-hybridized carbons (Fsp3) is 0.647. The number of hydrogen-bond donors (Lipinski definition) is 1. The Hall–Kier alpha value is -0.820. The lowest BCUT2D eigenvalue weighted by Gasteiger charge is -2.28. The molecule has 1 aromatic rings. The standard InChI is InChI=1S/C17H26FNO3S/c1-17(2,3)23(20)19-15(13-7-4-5-8-14(13)18)9-10-16-21-11-6-12-22-16/h4-5,7-8,15-16,19H,6,9-12H2,1-3H3/t15-,23?/m0/s1. The van der Waals surface area contributed by atoms with Gasteiger partial charge in [-0.3, -0.25) is 0 Å². The second kappa shape index (κ2) is 8.33. The van der Waals surface area contributed by atoms with Crippen LogP contribution in [0.4, 0.5) is 4.39 Å². The molecule has 0 spiro atoms. The Bertz CT molecular complexity index is 527. The summed E-state index contributed by atoms with van der Waals surface area (Å²) in [5.74, 6) is -0.290. The lowest BCUT2D eigenvalue weighted by molar-refractivity contribution is -0.182. The van der Waals surface area contributed by atoms with E-state index in [0.29, 0.717) is 31.6 Å². The fourth-order valence-corrected chi connectivity index (χ4v) is 3.20. The van der Waals surface area contributed by atoms with E-state index >= 15 is 0 Å². The summed E-state index contributed by atoms with van der Waals surface area (Å²) in [5, 5.41) is 0. The Morgan fingerprint density at radius 3 is 2.57 bits per heavy atom. The van der Waals surface area contributed by atoms with Gasteiger partial charge in [-0.2, -0.15) is 0 Å². The zero-order valence-electron chi connectivity index (χ0n) is 14.0. The van der Waals surface area contributed by atoms with E-state index < -0.39 is 15.7 Å². The molecule has 1 fully saturated rings. The van der Waals surface area contributed by atoms with Crippen molar-refractivity contribution in [2.45, 2.75) is 57.1 Å². The van der Waals surface area contributed by atoms with Crippen molar-refractivity contribution in [3.05, 3.63) is 35.6 Å². The summed E-state index contributed by atoms with van der Waals surface area (Å²) in [4.78, 5) is 0. The van der Waals surface area contributed by atoms with Gasteiger partial charge < -0.3 is 9.47 Å². The van der Waals surface area contributed by atoms with E-state index in [4.69, 9.17) is 9.47 Å². The van der Waals surface area contributed by atoms with Crippen LogP contribution in [-0.2, 0) is 20.5 Å². The Morgan fingerprint density at radius 2 is 1.96 bits per heavy atom. The maximum atomic E-state index is 14.2. The molecule has 1 unspecified atom stereocenters. The number of ether oxygens (including phenoxy) is 2. The largest absolute Gasteiger partial charge is 0.353 e. The third-order valence-corrected chi connectivity index (χ3v) is 5.28. The first kappa shape index (κ1) is 18.5. The summed E-state index contributed by atoms with van der Waals surface area (Å²) in [6.45, 7) is 7.05. The highest BCUT2D eigenvalue weighted by atomic mass is 32.2. The maximum Gasteiger partial charge on any atom is 0.157 e. The molecule has 1 aliphatic rings. The quantitative estimate of drug-likeness (QED) is 0.860. The molecule has 130 valence electrons. The predicted molar refractivity (Wildman–Crippen MR) is 89.7 cm³/mol. The monoisotopic (exact) mass is 343 g/mol. The fourth-order valence-electron chi connectivity index (χ4n) is 2.35. The number of halogens is 1. The van der Waals surface area contributed by atoms with E-state index in [9.17, 15) is 8.60 Å². The van der Waals surface area contributed by atoms with Gasteiger partial charge in [0.25, 0.3) is 0 Å². The molecule has 1 aliphatic heterocycles. The van der Waals surface area contributed by atoms with Gasteiger partial charge in [-0.05, 0) is 39.7 Å². The van der Waals surface area contributed by atoms with Crippen LogP contribution < -0.4 is 4.72 Å². The SMILES string of the molecule is CC(C)(C)S(=O)N[C@@H](CCC1OCCCO1)c1ccccc1F. The van der Waals surface area contributed by atoms with Crippen molar-refractivity contribution in [2.75, 3.05) is 13.2 Å². The van der Waals surface area contributed by atoms with Crippen molar-refractivity contribution < 1.29 is 18.1 Å². The summed E-state index contributed by atoms with van der Waals surface area (Å²) in [7, 11) is -1.28. The molecular formula is C17H26FNO3S. The second-order valence-corrected chi connectivity index (χ2v) is 8.67. The molecule has 1 saturated heterocycles. The summed E-state index contributed by atoms with van der Waals surface area (Å²) >= 11 is 0. The molecular weight excluding hydrogens is 317 g/mol. The molecule has 1 aromatic carbocycles. The van der Waals surface area contributed by atoms with Crippen molar-refractivity contribution in [1.29, 1.82) is 0 Å². The summed E-state index contributed by atoms with van der Waals surface area (Å²) < 4.78 is 40.3. The lowest BCUT2D eigenvalue weighted by Crippen LogP contribution is -2.36. The van der Waals surface area contributed by atoms with E-state index in [1.807, 2.05) is 20.8 Å². The van der Waals surface area contributed by atoms with Crippen LogP contribution in [0.2, 0.25) is 0 Å². The first-order chi connectivity index (χ1) is 10.9. The van der Waals surface area contributed by atoms with Crippen LogP contribution in [0.15, 0.2) is 24.3 Å². The molecule has 6 heteroatoms. The van der Waals surface area contributed by atoms with Crippen molar-refractivity contribution in [2.24, 2.45) is 0 Å². The average molecular weight is 343 g/mol. The van der Waals surface area contributed by atoms with Crippen molar-refractivity contribution in [3.63, 3.8) is 0 Å². The normalized spacial score (nSPS) is 19.5. The van der Waals surface area contributed by atoms with Crippen LogP contribution in [0, 0.1) is 5.82 Å². The first-order valence-corrected chi connectivity index (χ1v) is 9.18. The highest BCUT2D eigenvalue weighted by molar-refractivity contribution is 7.84. The minimum atomic E-state index is -1.28. The molecule has 0 saturated carbocycles. The van der Waals surface area contributed by atoms with Gasteiger partial charge in [0, 0.05) is 18.0 Å². The summed E-state index contributed by atoms with van der Waals surface area (Å²) in [6.07, 6.45) is 1.86. The molecule has 4 nitrogen and oxygen atoms in total. The smallest absolute Gasteiger partial charge is 0.157 e. The van der Waals surface area contributed by atoms with Gasteiger partial charge in [-0.25, -0.2) is 13.3 Å². The first-order valence-electron chi connectivity index (χ1n) is 8.03. The van der Waals surface area contributed by atoms with Gasteiger partial charge in [0.1, 0.15) is 5.82 Å². The minimum absolute atomic E-state index is 0.261. The third-order valence-electron chi connectivity index (χ3n) is 3.67. The molecule has 0 radical (unpaired) electrons. The van der Waals surface area contributed by atoms with Crippen molar-refractivity contribution in [3.8, 4) is 0 Å². The molecule has 2 rings (SSSR count). The molecule has 0 aliphatic carbocycles. The number of hydrogen-bond acceptors (Lipinski definition) is 3. The van der Waals surface area contributed by atoms with E-state index in [-0.39, 0.29) is 18.1 Å².